The van der Waals surface area contributed by atoms with Gasteiger partial charge in [-0.25, -0.2) is 4.98 Å². The molecule has 1 aromatic heterocycles. The zero-order valence-corrected chi connectivity index (χ0v) is 16.3. The highest BCUT2D eigenvalue weighted by molar-refractivity contribution is 9.10. The van der Waals surface area contributed by atoms with Crippen LogP contribution in [0.5, 0.6) is 0 Å². The lowest BCUT2D eigenvalue weighted by atomic mass is 10.2. The number of carbonyl (C=O) groups is 1. The Morgan fingerprint density at radius 2 is 2.04 bits per heavy atom. The van der Waals surface area contributed by atoms with E-state index in [4.69, 9.17) is 14.6 Å². The van der Waals surface area contributed by atoms with Crippen molar-refractivity contribution >= 4 is 21.9 Å². The van der Waals surface area contributed by atoms with Crippen LogP contribution in [-0.4, -0.2) is 39.9 Å². The van der Waals surface area contributed by atoms with Crippen LogP contribution in [0.2, 0.25) is 0 Å². The molecule has 1 unspecified atom stereocenters. The molecule has 142 valence electrons. The average molecular weight is 425 g/mol. The first-order valence-electron chi connectivity index (χ1n) is 8.75. The monoisotopic (exact) mass is 424 g/mol. The van der Waals surface area contributed by atoms with E-state index in [9.17, 15) is 4.79 Å². The van der Waals surface area contributed by atoms with E-state index in [0.717, 1.165) is 22.9 Å². The number of ether oxygens (including phenoxy) is 2. The lowest BCUT2D eigenvalue weighted by Gasteiger charge is -2.19. The molecule has 2 aromatic rings. The third-order valence-corrected chi connectivity index (χ3v) is 4.38. The van der Waals surface area contributed by atoms with Gasteiger partial charge in [-0.2, -0.15) is 0 Å². The normalized spacial score (nSPS) is 12.2. The largest absolute Gasteiger partial charge is 0.481 e. The molecular weight excluding hydrogens is 400 g/mol. The highest BCUT2D eigenvalue weighted by Crippen LogP contribution is 2.12. The second-order valence-electron chi connectivity index (χ2n) is 6.10. The quantitative estimate of drug-likeness (QED) is 0.493. The van der Waals surface area contributed by atoms with Gasteiger partial charge < -0.3 is 19.1 Å². The number of carboxylic acid groups (broad SMARTS) is 1. The highest BCUT2D eigenvalue weighted by atomic mass is 79.9. The molecule has 0 amide bonds. The number of imidazole rings is 1. The van der Waals surface area contributed by atoms with Gasteiger partial charge in [-0.15, -0.1) is 0 Å². The molecule has 0 aliphatic carbocycles. The highest BCUT2D eigenvalue weighted by Gasteiger charge is 2.11. The third kappa shape index (κ3) is 8.60. The lowest BCUT2D eigenvalue weighted by molar-refractivity contribution is -0.137. The summed E-state index contributed by atoms with van der Waals surface area (Å²) in [4.78, 5) is 14.6. The minimum atomic E-state index is -0.745. The van der Waals surface area contributed by atoms with E-state index >= 15 is 0 Å². The van der Waals surface area contributed by atoms with Crippen LogP contribution in [0.4, 0.5) is 0 Å². The molecule has 1 N–H and O–H groups in total. The molecule has 26 heavy (non-hydrogen) atoms. The van der Waals surface area contributed by atoms with Gasteiger partial charge in [-0.05, 0) is 30.5 Å². The summed E-state index contributed by atoms with van der Waals surface area (Å²) in [5.74, 6) is -0.745. The van der Waals surface area contributed by atoms with Gasteiger partial charge in [0.1, 0.15) is 0 Å². The standard InChI is InChI=1S/C19H25BrN2O4/c20-17-7-5-16(6-8-17)13-25-14-18(12-22-10-9-21-15-22)26-11-3-1-2-4-19(23)24/h5-10,15,18H,1-4,11-14H2,(H,23,24). The molecule has 0 aliphatic rings. The lowest BCUT2D eigenvalue weighted by Crippen LogP contribution is -2.25. The van der Waals surface area contributed by atoms with Crippen LogP contribution in [0.1, 0.15) is 31.2 Å². The van der Waals surface area contributed by atoms with Crippen LogP contribution in [0.25, 0.3) is 0 Å². The zero-order chi connectivity index (χ0) is 18.6. The molecule has 0 spiro atoms. The van der Waals surface area contributed by atoms with Gasteiger partial charge in [0.25, 0.3) is 0 Å². The number of hydrogen-bond donors (Lipinski definition) is 1. The molecular formula is C19H25BrN2O4. The fourth-order valence-electron chi connectivity index (χ4n) is 2.48. The molecule has 0 fully saturated rings. The Morgan fingerprint density at radius 1 is 1.23 bits per heavy atom. The molecule has 7 heteroatoms. The maximum absolute atomic E-state index is 10.5. The van der Waals surface area contributed by atoms with Gasteiger partial charge in [0.05, 0.1) is 32.2 Å². The molecule has 1 aromatic carbocycles. The topological polar surface area (TPSA) is 73.6 Å². The molecule has 0 saturated carbocycles. The van der Waals surface area contributed by atoms with Crippen LogP contribution in [0.15, 0.2) is 47.5 Å². The Morgan fingerprint density at radius 3 is 2.73 bits per heavy atom. The van der Waals surface area contributed by atoms with Crippen molar-refractivity contribution in [1.82, 2.24) is 9.55 Å². The van der Waals surface area contributed by atoms with Crippen LogP contribution in [0.3, 0.4) is 0 Å². The number of halogens is 1. The van der Waals surface area contributed by atoms with Gasteiger partial charge in [-0.1, -0.05) is 34.5 Å². The van der Waals surface area contributed by atoms with Crippen LogP contribution in [-0.2, 0) is 27.4 Å². The van der Waals surface area contributed by atoms with E-state index in [1.54, 1.807) is 12.5 Å². The first kappa shape index (κ1) is 20.6. The zero-order valence-electron chi connectivity index (χ0n) is 14.7. The summed E-state index contributed by atoms with van der Waals surface area (Å²) in [6.07, 6.45) is 7.94. The number of rotatable bonds is 13. The van der Waals surface area contributed by atoms with Gasteiger partial charge in [0.2, 0.25) is 0 Å². The number of aliphatic carboxylic acids is 1. The van der Waals surface area contributed by atoms with Crippen LogP contribution >= 0.6 is 15.9 Å². The summed E-state index contributed by atoms with van der Waals surface area (Å²) < 4.78 is 14.8. The SMILES string of the molecule is O=C(O)CCCCCOC(COCc1ccc(Br)cc1)Cn1ccnc1. The van der Waals surface area contributed by atoms with Gasteiger partial charge in [-0.3, -0.25) is 4.79 Å². The number of nitrogens with zero attached hydrogens (tertiary/aromatic N) is 2. The van der Waals surface area contributed by atoms with Crippen molar-refractivity contribution in [3.05, 3.63) is 53.0 Å². The summed E-state index contributed by atoms with van der Waals surface area (Å²) in [6.45, 7) is 2.30. The molecule has 1 atom stereocenters. The molecule has 0 saturated heterocycles. The molecule has 6 nitrogen and oxygen atoms in total. The molecule has 0 bridgehead atoms. The van der Waals surface area contributed by atoms with Gasteiger partial charge in [0.15, 0.2) is 0 Å². The summed E-state index contributed by atoms with van der Waals surface area (Å²) in [5, 5.41) is 8.65. The minimum absolute atomic E-state index is 0.0703. The fourth-order valence-corrected chi connectivity index (χ4v) is 2.74. The van der Waals surface area contributed by atoms with E-state index in [1.165, 1.54) is 0 Å². The second-order valence-corrected chi connectivity index (χ2v) is 7.01. The predicted octanol–water partition coefficient (Wildman–Crippen LogP) is 3.89. The van der Waals surface area contributed by atoms with Crippen molar-refractivity contribution in [2.75, 3.05) is 13.2 Å². The van der Waals surface area contributed by atoms with Gasteiger partial charge >= 0.3 is 5.97 Å². The van der Waals surface area contributed by atoms with Crippen molar-refractivity contribution in [1.29, 1.82) is 0 Å². The number of hydrogen-bond acceptors (Lipinski definition) is 4. The Kier molecular flexibility index (Phi) is 9.38. The van der Waals surface area contributed by atoms with Gasteiger partial charge in [0, 0.05) is 29.9 Å². The summed E-state index contributed by atoms with van der Waals surface area (Å²) in [5.41, 5.74) is 1.11. The molecule has 0 radical (unpaired) electrons. The van der Waals surface area contributed by atoms with E-state index in [0.29, 0.717) is 32.8 Å². The molecule has 0 aliphatic heterocycles. The minimum Gasteiger partial charge on any atom is -0.481 e. The second kappa shape index (κ2) is 11.8. The smallest absolute Gasteiger partial charge is 0.303 e. The first-order valence-corrected chi connectivity index (χ1v) is 9.54. The Labute approximate surface area is 162 Å². The Balaban J connectivity index is 1.72. The van der Waals surface area contributed by atoms with E-state index in [-0.39, 0.29) is 12.5 Å². The number of unbranched alkanes of at least 4 members (excludes halogenated alkanes) is 2. The molecule has 2 rings (SSSR count). The van der Waals surface area contributed by atoms with E-state index in [2.05, 4.69) is 20.9 Å². The van der Waals surface area contributed by atoms with Crippen molar-refractivity contribution < 1.29 is 19.4 Å². The summed E-state index contributed by atoms with van der Waals surface area (Å²) in [6, 6.07) is 8.04. The fraction of sp³-hybridized carbons (Fsp3) is 0.474. The van der Waals surface area contributed by atoms with E-state index < -0.39 is 5.97 Å². The van der Waals surface area contributed by atoms with Crippen molar-refractivity contribution in [2.45, 2.75) is 44.9 Å². The number of aromatic nitrogens is 2. The Bertz CT molecular complexity index is 631. The van der Waals surface area contributed by atoms with Crippen molar-refractivity contribution in [3.8, 4) is 0 Å². The van der Waals surface area contributed by atoms with E-state index in [1.807, 2.05) is 35.0 Å². The van der Waals surface area contributed by atoms with Crippen molar-refractivity contribution in [2.24, 2.45) is 0 Å². The average Bonchev–Trinajstić information content (AvgIpc) is 3.12. The van der Waals surface area contributed by atoms with Crippen molar-refractivity contribution in [3.63, 3.8) is 0 Å². The number of benzene rings is 1. The number of carboxylic acids is 1. The molecule has 1 heterocycles. The Hall–Kier alpha value is -1.70. The predicted molar refractivity (Wildman–Crippen MR) is 102 cm³/mol. The maximum atomic E-state index is 10.5. The first-order chi connectivity index (χ1) is 12.6. The summed E-state index contributed by atoms with van der Waals surface area (Å²) >= 11 is 3.42. The third-order valence-electron chi connectivity index (χ3n) is 3.85. The van der Waals surface area contributed by atoms with Crippen LogP contribution in [0, 0.1) is 0 Å². The summed E-state index contributed by atoms with van der Waals surface area (Å²) in [7, 11) is 0. The van der Waals surface area contributed by atoms with Crippen LogP contribution < -0.4 is 0 Å². The maximum Gasteiger partial charge on any atom is 0.303 e.